The van der Waals surface area contributed by atoms with Crippen LogP contribution in [0.2, 0.25) is 0 Å². The van der Waals surface area contributed by atoms with E-state index in [1.807, 2.05) is 0 Å². The van der Waals surface area contributed by atoms with Gasteiger partial charge in [-0.05, 0) is 6.07 Å². The number of nitrogens with zero attached hydrogens (tertiary/aromatic N) is 1. The van der Waals surface area contributed by atoms with Crippen LogP contribution in [0, 0.1) is 21.7 Å². The molecule has 0 radical (unpaired) electrons. The number of nitro benzene ring substituents is 1. The van der Waals surface area contributed by atoms with Gasteiger partial charge in [0.2, 0.25) is 5.82 Å². The first-order valence-corrected chi connectivity index (χ1v) is 4.79. The van der Waals surface area contributed by atoms with Crippen LogP contribution >= 0.6 is 0 Å². The summed E-state index contributed by atoms with van der Waals surface area (Å²) < 4.78 is 27.2. The third-order valence-corrected chi connectivity index (χ3v) is 2.34. The summed E-state index contributed by atoms with van der Waals surface area (Å²) in [5.41, 5.74) is -0.767. The Bertz CT molecular complexity index is 584. The molecule has 0 saturated carbocycles. The molecule has 0 amide bonds. The minimum atomic E-state index is -1.03. The lowest BCUT2D eigenvalue weighted by Crippen LogP contribution is -1.95. The molecule has 0 aliphatic rings. The zero-order chi connectivity index (χ0) is 12.4. The van der Waals surface area contributed by atoms with E-state index in [9.17, 15) is 18.9 Å². The van der Waals surface area contributed by atoms with Crippen molar-refractivity contribution < 1.29 is 13.7 Å². The minimum Gasteiger partial charge on any atom is -0.258 e. The molecular formula is C12H7F2NO2. The van der Waals surface area contributed by atoms with Crippen LogP contribution in [-0.4, -0.2) is 4.92 Å². The lowest BCUT2D eigenvalue weighted by molar-refractivity contribution is -0.387. The highest BCUT2D eigenvalue weighted by atomic mass is 19.1. The lowest BCUT2D eigenvalue weighted by Gasteiger charge is -2.04. The Morgan fingerprint density at radius 2 is 1.59 bits per heavy atom. The van der Waals surface area contributed by atoms with Gasteiger partial charge in [-0.25, -0.2) is 4.39 Å². The van der Waals surface area contributed by atoms with E-state index in [1.165, 1.54) is 36.4 Å². The molecule has 2 aromatic rings. The summed E-state index contributed by atoms with van der Waals surface area (Å²) in [5.74, 6) is -1.64. The van der Waals surface area contributed by atoms with Crippen LogP contribution in [0.3, 0.4) is 0 Å². The maximum Gasteiger partial charge on any atom is 0.305 e. The number of rotatable bonds is 2. The lowest BCUT2D eigenvalue weighted by atomic mass is 10.0. The van der Waals surface area contributed by atoms with E-state index < -0.39 is 22.2 Å². The fourth-order valence-electron chi connectivity index (χ4n) is 1.55. The Morgan fingerprint density at radius 1 is 0.941 bits per heavy atom. The van der Waals surface area contributed by atoms with Crippen LogP contribution in [0.25, 0.3) is 11.1 Å². The quantitative estimate of drug-likeness (QED) is 0.590. The first-order chi connectivity index (χ1) is 8.11. The number of benzene rings is 2. The highest BCUT2D eigenvalue weighted by Gasteiger charge is 2.19. The number of hydrogen-bond donors (Lipinski definition) is 0. The normalized spacial score (nSPS) is 10.2. The summed E-state index contributed by atoms with van der Waals surface area (Å²) in [5, 5.41) is 10.6. The summed E-state index contributed by atoms with van der Waals surface area (Å²) in [6.07, 6.45) is 0. The topological polar surface area (TPSA) is 43.1 Å². The second-order valence-electron chi connectivity index (χ2n) is 3.38. The molecule has 86 valence electrons. The Hall–Kier alpha value is -2.30. The number of hydrogen-bond acceptors (Lipinski definition) is 2. The van der Waals surface area contributed by atoms with Crippen molar-refractivity contribution in [2.45, 2.75) is 0 Å². The molecule has 0 fully saturated rings. The minimum absolute atomic E-state index is 0.00806. The first-order valence-electron chi connectivity index (χ1n) is 4.79. The molecule has 17 heavy (non-hydrogen) atoms. The van der Waals surface area contributed by atoms with Gasteiger partial charge < -0.3 is 0 Å². The Balaban J connectivity index is 2.65. The SMILES string of the molecule is O=[N+]([O-])c1cccc(-c2ccccc2F)c1F. The second kappa shape index (κ2) is 4.29. The van der Waals surface area contributed by atoms with E-state index in [-0.39, 0.29) is 11.1 Å². The Labute approximate surface area is 95.5 Å². The van der Waals surface area contributed by atoms with Crippen molar-refractivity contribution in [1.29, 1.82) is 0 Å². The molecule has 2 aromatic carbocycles. The molecule has 0 aromatic heterocycles. The van der Waals surface area contributed by atoms with E-state index in [1.54, 1.807) is 0 Å². The average molecular weight is 235 g/mol. The summed E-state index contributed by atoms with van der Waals surface area (Å²) in [6, 6.07) is 9.22. The third-order valence-electron chi connectivity index (χ3n) is 2.34. The molecule has 2 rings (SSSR count). The zero-order valence-corrected chi connectivity index (χ0v) is 8.56. The third kappa shape index (κ3) is 1.99. The van der Waals surface area contributed by atoms with Gasteiger partial charge in [-0.2, -0.15) is 4.39 Å². The van der Waals surface area contributed by atoms with Crippen molar-refractivity contribution in [3.8, 4) is 11.1 Å². The van der Waals surface area contributed by atoms with Crippen molar-refractivity contribution in [2.24, 2.45) is 0 Å². The maximum atomic E-state index is 13.8. The molecule has 0 unspecified atom stereocenters. The molecule has 3 nitrogen and oxygen atoms in total. The van der Waals surface area contributed by atoms with Crippen LogP contribution in [0.1, 0.15) is 0 Å². The maximum absolute atomic E-state index is 13.8. The summed E-state index contributed by atoms with van der Waals surface area (Å²) in [4.78, 5) is 9.73. The fourth-order valence-corrected chi connectivity index (χ4v) is 1.55. The van der Waals surface area contributed by atoms with Crippen LogP contribution in [0.15, 0.2) is 42.5 Å². The second-order valence-corrected chi connectivity index (χ2v) is 3.38. The van der Waals surface area contributed by atoms with Gasteiger partial charge >= 0.3 is 5.69 Å². The molecule has 0 atom stereocenters. The standard InChI is InChI=1S/C12H7F2NO2/c13-10-6-2-1-4-8(10)9-5-3-7-11(12(9)14)15(16)17/h1-7H. The molecule has 0 heterocycles. The van der Waals surface area contributed by atoms with Crippen LogP contribution < -0.4 is 0 Å². The van der Waals surface area contributed by atoms with Gasteiger partial charge in [-0.1, -0.05) is 30.3 Å². The first kappa shape index (κ1) is 11.2. The molecule has 0 aliphatic carbocycles. The molecule has 0 saturated heterocycles. The van der Waals surface area contributed by atoms with Crippen molar-refractivity contribution in [2.75, 3.05) is 0 Å². The highest BCUT2D eigenvalue weighted by Crippen LogP contribution is 2.30. The monoisotopic (exact) mass is 235 g/mol. The van der Waals surface area contributed by atoms with Crippen molar-refractivity contribution in [1.82, 2.24) is 0 Å². The average Bonchev–Trinajstić information content (AvgIpc) is 2.30. The van der Waals surface area contributed by atoms with Gasteiger partial charge in [0, 0.05) is 17.2 Å². The smallest absolute Gasteiger partial charge is 0.258 e. The van der Waals surface area contributed by atoms with E-state index in [2.05, 4.69) is 0 Å². The van der Waals surface area contributed by atoms with Crippen LogP contribution in [0.5, 0.6) is 0 Å². The number of halogens is 2. The van der Waals surface area contributed by atoms with Gasteiger partial charge in [0.25, 0.3) is 0 Å². The van der Waals surface area contributed by atoms with Gasteiger partial charge in [0.1, 0.15) is 5.82 Å². The van der Waals surface area contributed by atoms with Gasteiger partial charge in [-0.3, -0.25) is 10.1 Å². The molecule has 5 heteroatoms. The van der Waals surface area contributed by atoms with E-state index in [0.29, 0.717) is 0 Å². The van der Waals surface area contributed by atoms with Gasteiger partial charge in [0.15, 0.2) is 0 Å². The van der Waals surface area contributed by atoms with Gasteiger partial charge in [0.05, 0.1) is 4.92 Å². The molecular weight excluding hydrogens is 228 g/mol. The van der Waals surface area contributed by atoms with Crippen LogP contribution in [0.4, 0.5) is 14.5 Å². The molecule has 0 aliphatic heterocycles. The molecule has 0 bridgehead atoms. The molecule has 0 N–H and O–H groups in total. The Morgan fingerprint density at radius 3 is 2.24 bits per heavy atom. The van der Waals surface area contributed by atoms with E-state index >= 15 is 0 Å². The predicted octanol–water partition coefficient (Wildman–Crippen LogP) is 3.54. The predicted molar refractivity (Wildman–Crippen MR) is 58.4 cm³/mol. The highest BCUT2D eigenvalue weighted by molar-refractivity contribution is 5.67. The fraction of sp³-hybridized carbons (Fsp3) is 0. The molecule has 0 spiro atoms. The summed E-state index contributed by atoms with van der Waals surface area (Å²) >= 11 is 0. The van der Waals surface area contributed by atoms with Crippen LogP contribution in [-0.2, 0) is 0 Å². The van der Waals surface area contributed by atoms with Gasteiger partial charge in [-0.15, -0.1) is 0 Å². The van der Waals surface area contributed by atoms with Crippen molar-refractivity contribution >= 4 is 5.69 Å². The largest absolute Gasteiger partial charge is 0.305 e. The van der Waals surface area contributed by atoms with Crippen molar-refractivity contribution in [3.63, 3.8) is 0 Å². The summed E-state index contributed by atoms with van der Waals surface area (Å²) in [7, 11) is 0. The number of nitro groups is 1. The summed E-state index contributed by atoms with van der Waals surface area (Å²) in [6.45, 7) is 0. The zero-order valence-electron chi connectivity index (χ0n) is 8.56. The van der Waals surface area contributed by atoms with E-state index in [4.69, 9.17) is 0 Å². The Kier molecular flexibility index (Phi) is 2.82. The van der Waals surface area contributed by atoms with Crippen molar-refractivity contribution in [3.05, 3.63) is 64.2 Å². The van der Waals surface area contributed by atoms with E-state index in [0.717, 1.165) is 6.07 Å².